The van der Waals surface area contributed by atoms with Crippen LogP contribution >= 0.6 is 0 Å². The van der Waals surface area contributed by atoms with Gasteiger partial charge in [-0.2, -0.15) is 0 Å². The third-order valence-corrected chi connectivity index (χ3v) is 3.59. The summed E-state index contributed by atoms with van der Waals surface area (Å²) in [6, 6.07) is 14.2. The standard InChI is InChI=1S/C19H21NO4/c1-13-4-3-5-17(12-13)24-14(2)18(21)20-11-10-15-6-8-16(9-7-15)19(22)23/h3-9,12,14H,10-11H2,1-2H3,(H,20,21)(H,22,23). The molecule has 2 rings (SSSR count). The van der Waals surface area contributed by atoms with Crippen LogP contribution in [-0.2, 0) is 11.2 Å². The van der Waals surface area contributed by atoms with Crippen LogP contribution in [0, 0.1) is 6.92 Å². The van der Waals surface area contributed by atoms with E-state index in [9.17, 15) is 9.59 Å². The third kappa shape index (κ3) is 5.12. The summed E-state index contributed by atoms with van der Waals surface area (Å²) < 4.78 is 5.62. The maximum absolute atomic E-state index is 12.1. The van der Waals surface area contributed by atoms with Gasteiger partial charge in [0, 0.05) is 6.54 Å². The Hall–Kier alpha value is -2.82. The Kier molecular flexibility index (Phi) is 5.95. The predicted molar refractivity (Wildman–Crippen MR) is 91.4 cm³/mol. The summed E-state index contributed by atoms with van der Waals surface area (Å²) in [4.78, 5) is 22.8. The summed E-state index contributed by atoms with van der Waals surface area (Å²) in [5.74, 6) is -0.461. The molecule has 24 heavy (non-hydrogen) atoms. The molecule has 0 saturated carbocycles. The summed E-state index contributed by atoms with van der Waals surface area (Å²) in [6.45, 7) is 4.14. The highest BCUT2D eigenvalue weighted by Gasteiger charge is 2.14. The van der Waals surface area contributed by atoms with Crippen molar-refractivity contribution in [3.05, 3.63) is 65.2 Å². The maximum atomic E-state index is 12.1. The van der Waals surface area contributed by atoms with Crippen LogP contribution in [0.1, 0.15) is 28.4 Å². The van der Waals surface area contributed by atoms with E-state index in [2.05, 4.69) is 5.32 Å². The van der Waals surface area contributed by atoms with Crippen molar-refractivity contribution in [2.24, 2.45) is 0 Å². The Bertz CT molecular complexity index is 710. The van der Waals surface area contributed by atoms with E-state index >= 15 is 0 Å². The molecular weight excluding hydrogens is 306 g/mol. The van der Waals surface area contributed by atoms with Gasteiger partial charge in [0.15, 0.2) is 6.10 Å². The number of carbonyl (C=O) groups excluding carboxylic acids is 1. The molecule has 5 heteroatoms. The van der Waals surface area contributed by atoms with E-state index in [-0.39, 0.29) is 11.5 Å². The highest BCUT2D eigenvalue weighted by Crippen LogP contribution is 2.14. The topological polar surface area (TPSA) is 75.6 Å². The van der Waals surface area contributed by atoms with Crippen molar-refractivity contribution in [3.63, 3.8) is 0 Å². The minimum atomic E-state index is -0.947. The molecule has 0 heterocycles. The van der Waals surface area contributed by atoms with E-state index in [0.717, 1.165) is 11.1 Å². The fraction of sp³-hybridized carbons (Fsp3) is 0.263. The van der Waals surface area contributed by atoms with Crippen molar-refractivity contribution in [1.29, 1.82) is 0 Å². The number of rotatable bonds is 7. The van der Waals surface area contributed by atoms with Gasteiger partial charge in [-0.25, -0.2) is 4.79 Å². The number of carboxylic acid groups (broad SMARTS) is 1. The van der Waals surface area contributed by atoms with Gasteiger partial charge in [0.2, 0.25) is 0 Å². The molecule has 0 aliphatic heterocycles. The second kappa shape index (κ2) is 8.15. The number of aromatic carboxylic acids is 1. The lowest BCUT2D eigenvalue weighted by molar-refractivity contribution is -0.127. The maximum Gasteiger partial charge on any atom is 0.335 e. The molecule has 0 spiro atoms. The van der Waals surface area contributed by atoms with E-state index in [1.165, 1.54) is 0 Å². The van der Waals surface area contributed by atoms with Gasteiger partial charge in [-0.3, -0.25) is 4.79 Å². The molecule has 1 atom stereocenters. The number of benzene rings is 2. The van der Waals surface area contributed by atoms with Crippen LogP contribution in [0.25, 0.3) is 0 Å². The largest absolute Gasteiger partial charge is 0.481 e. The molecule has 0 saturated heterocycles. The average molecular weight is 327 g/mol. The van der Waals surface area contributed by atoms with Gasteiger partial charge in [0.25, 0.3) is 5.91 Å². The van der Waals surface area contributed by atoms with Gasteiger partial charge in [0.05, 0.1) is 5.56 Å². The minimum Gasteiger partial charge on any atom is -0.481 e. The zero-order valence-corrected chi connectivity index (χ0v) is 13.8. The predicted octanol–water partition coefficient (Wildman–Crippen LogP) is 2.82. The monoisotopic (exact) mass is 327 g/mol. The fourth-order valence-corrected chi connectivity index (χ4v) is 2.23. The molecule has 0 radical (unpaired) electrons. The van der Waals surface area contributed by atoms with Gasteiger partial charge in [0.1, 0.15) is 5.75 Å². The number of aryl methyl sites for hydroxylation is 1. The van der Waals surface area contributed by atoms with E-state index in [1.807, 2.05) is 31.2 Å². The van der Waals surface area contributed by atoms with E-state index in [0.29, 0.717) is 18.7 Å². The molecule has 1 unspecified atom stereocenters. The fourth-order valence-electron chi connectivity index (χ4n) is 2.23. The van der Waals surface area contributed by atoms with E-state index in [4.69, 9.17) is 9.84 Å². The van der Waals surface area contributed by atoms with Crippen LogP contribution < -0.4 is 10.1 Å². The molecule has 0 bridgehead atoms. The lowest BCUT2D eigenvalue weighted by Gasteiger charge is -2.15. The van der Waals surface area contributed by atoms with Gasteiger partial charge < -0.3 is 15.2 Å². The number of amides is 1. The van der Waals surface area contributed by atoms with Gasteiger partial charge in [-0.1, -0.05) is 24.3 Å². The molecule has 2 N–H and O–H groups in total. The van der Waals surface area contributed by atoms with Crippen molar-refractivity contribution in [1.82, 2.24) is 5.32 Å². The number of hydrogen-bond donors (Lipinski definition) is 2. The molecular formula is C19H21NO4. The molecule has 0 aromatic heterocycles. The smallest absolute Gasteiger partial charge is 0.335 e. The molecule has 0 aliphatic rings. The quantitative estimate of drug-likeness (QED) is 0.820. The van der Waals surface area contributed by atoms with Crippen molar-refractivity contribution in [2.45, 2.75) is 26.4 Å². The first-order valence-electron chi connectivity index (χ1n) is 7.79. The highest BCUT2D eigenvalue weighted by molar-refractivity contribution is 5.87. The normalized spacial score (nSPS) is 11.6. The third-order valence-electron chi connectivity index (χ3n) is 3.59. The summed E-state index contributed by atoms with van der Waals surface area (Å²) >= 11 is 0. The van der Waals surface area contributed by atoms with Gasteiger partial charge in [-0.05, 0) is 55.7 Å². The minimum absolute atomic E-state index is 0.182. The SMILES string of the molecule is Cc1cccc(OC(C)C(=O)NCCc2ccc(C(=O)O)cc2)c1. The van der Waals surface area contributed by atoms with Crippen molar-refractivity contribution in [3.8, 4) is 5.75 Å². The van der Waals surface area contributed by atoms with Crippen LogP contribution in [0.3, 0.4) is 0 Å². The van der Waals surface area contributed by atoms with Crippen LogP contribution in [0.5, 0.6) is 5.75 Å². The summed E-state index contributed by atoms with van der Waals surface area (Å²) in [7, 11) is 0. The molecule has 126 valence electrons. The van der Waals surface area contributed by atoms with E-state index in [1.54, 1.807) is 31.2 Å². The number of carboxylic acids is 1. The average Bonchev–Trinajstić information content (AvgIpc) is 2.55. The van der Waals surface area contributed by atoms with Crippen molar-refractivity contribution in [2.75, 3.05) is 6.54 Å². The summed E-state index contributed by atoms with van der Waals surface area (Å²) in [5, 5.41) is 11.7. The molecule has 5 nitrogen and oxygen atoms in total. The molecule has 0 fully saturated rings. The first kappa shape index (κ1) is 17.5. The Balaban J connectivity index is 1.78. The number of carbonyl (C=O) groups is 2. The summed E-state index contributed by atoms with van der Waals surface area (Å²) in [6.07, 6.45) is 0.0455. The molecule has 1 amide bonds. The van der Waals surface area contributed by atoms with Crippen LogP contribution in [-0.4, -0.2) is 29.6 Å². The van der Waals surface area contributed by atoms with Crippen molar-refractivity contribution < 1.29 is 19.4 Å². The summed E-state index contributed by atoms with van der Waals surface area (Å²) in [5.41, 5.74) is 2.29. The Morgan fingerprint density at radius 3 is 2.50 bits per heavy atom. The van der Waals surface area contributed by atoms with Crippen LogP contribution in [0.4, 0.5) is 0 Å². The Morgan fingerprint density at radius 2 is 1.88 bits per heavy atom. The molecule has 2 aromatic rings. The zero-order valence-electron chi connectivity index (χ0n) is 13.8. The van der Waals surface area contributed by atoms with Crippen LogP contribution in [0.15, 0.2) is 48.5 Å². The van der Waals surface area contributed by atoms with Gasteiger partial charge >= 0.3 is 5.97 Å². The van der Waals surface area contributed by atoms with Gasteiger partial charge in [-0.15, -0.1) is 0 Å². The number of ether oxygens (including phenoxy) is 1. The Morgan fingerprint density at radius 1 is 1.17 bits per heavy atom. The molecule has 2 aromatic carbocycles. The Labute approximate surface area is 141 Å². The second-order valence-corrected chi connectivity index (χ2v) is 5.62. The number of hydrogen-bond acceptors (Lipinski definition) is 3. The highest BCUT2D eigenvalue weighted by atomic mass is 16.5. The lowest BCUT2D eigenvalue weighted by Crippen LogP contribution is -2.37. The van der Waals surface area contributed by atoms with Crippen LogP contribution in [0.2, 0.25) is 0 Å². The number of nitrogens with one attached hydrogen (secondary N) is 1. The second-order valence-electron chi connectivity index (χ2n) is 5.62. The zero-order chi connectivity index (χ0) is 17.5. The molecule has 0 aliphatic carbocycles. The van der Waals surface area contributed by atoms with Crippen molar-refractivity contribution >= 4 is 11.9 Å². The first-order valence-corrected chi connectivity index (χ1v) is 7.79. The van der Waals surface area contributed by atoms with E-state index < -0.39 is 12.1 Å². The first-order chi connectivity index (χ1) is 11.5. The lowest BCUT2D eigenvalue weighted by atomic mass is 10.1.